The summed E-state index contributed by atoms with van der Waals surface area (Å²) in [5, 5.41) is 5.41. The van der Waals surface area contributed by atoms with Gasteiger partial charge in [-0.05, 0) is 50.2 Å². The van der Waals surface area contributed by atoms with Crippen LogP contribution in [0, 0.1) is 0 Å². The van der Waals surface area contributed by atoms with Crippen molar-refractivity contribution in [3.63, 3.8) is 0 Å². The van der Waals surface area contributed by atoms with Gasteiger partial charge in [0.1, 0.15) is 17.6 Å². The Morgan fingerprint density at radius 3 is 2.56 bits per heavy atom. The third kappa shape index (κ3) is 4.01. The number of carbonyl (C=O) groups is 3. The zero-order valence-electron chi connectivity index (χ0n) is 18.2. The van der Waals surface area contributed by atoms with Gasteiger partial charge in [-0.2, -0.15) is 0 Å². The number of anilines is 1. The number of ether oxygens (including phenoxy) is 1. The molecule has 0 spiro atoms. The second-order valence-electron chi connectivity index (χ2n) is 7.84. The molecule has 0 aliphatic carbocycles. The Hall–Kier alpha value is -3.88. The number of para-hydroxylation sites is 2. The minimum Gasteiger partial charge on any atom is -0.497 e. The van der Waals surface area contributed by atoms with Gasteiger partial charge < -0.3 is 19.9 Å². The summed E-state index contributed by atoms with van der Waals surface area (Å²) in [6, 6.07) is 13.1. The number of urea groups is 1. The van der Waals surface area contributed by atoms with E-state index in [4.69, 9.17) is 4.74 Å². The van der Waals surface area contributed by atoms with Gasteiger partial charge in [-0.15, -0.1) is 0 Å². The zero-order chi connectivity index (χ0) is 22.8. The molecule has 9 nitrogen and oxygen atoms in total. The van der Waals surface area contributed by atoms with Gasteiger partial charge in [0.2, 0.25) is 5.91 Å². The Bertz CT molecular complexity index is 1170. The summed E-state index contributed by atoms with van der Waals surface area (Å²) in [5.41, 5.74) is 2.28. The second kappa shape index (κ2) is 8.70. The summed E-state index contributed by atoms with van der Waals surface area (Å²) < 4.78 is 7.17. The van der Waals surface area contributed by atoms with E-state index in [0.29, 0.717) is 11.4 Å². The van der Waals surface area contributed by atoms with Crippen LogP contribution in [0.5, 0.6) is 5.75 Å². The molecule has 166 valence electrons. The van der Waals surface area contributed by atoms with Crippen molar-refractivity contribution in [2.75, 3.05) is 12.0 Å². The smallest absolute Gasteiger partial charge is 0.329 e. The Morgan fingerprint density at radius 1 is 1.16 bits per heavy atom. The summed E-state index contributed by atoms with van der Waals surface area (Å²) >= 11 is 0. The summed E-state index contributed by atoms with van der Waals surface area (Å²) in [7, 11) is 1.54. The maximum atomic E-state index is 12.8. The molecule has 1 aliphatic heterocycles. The van der Waals surface area contributed by atoms with E-state index in [0.717, 1.165) is 21.8 Å². The Labute approximate surface area is 185 Å². The molecule has 2 heterocycles. The number of hydrogen-bond acceptors (Lipinski definition) is 5. The molecule has 1 aromatic heterocycles. The van der Waals surface area contributed by atoms with Gasteiger partial charge in [-0.25, -0.2) is 14.7 Å². The minimum atomic E-state index is -0.923. The highest BCUT2D eigenvalue weighted by Crippen LogP contribution is 2.24. The monoisotopic (exact) mass is 435 g/mol. The number of imidazole rings is 1. The number of amides is 4. The molecule has 32 heavy (non-hydrogen) atoms. The van der Waals surface area contributed by atoms with E-state index in [1.165, 1.54) is 7.11 Å². The molecule has 1 saturated heterocycles. The zero-order valence-corrected chi connectivity index (χ0v) is 18.2. The first kappa shape index (κ1) is 21.4. The first-order valence-electron chi connectivity index (χ1n) is 10.4. The van der Waals surface area contributed by atoms with Gasteiger partial charge in [0, 0.05) is 6.04 Å². The number of imide groups is 1. The van der Waals surface area contributed by atoms with Gasteiger partial charge in [-0.1, -0.05) is 12.1 Å². The Kier molecular flexibility index (Phi) is 5.81. The number of rotatable bonds is 7. The van der Waals surface area contributed by atoms with Crippen LogP contribution in [0.4, 0.5) is 10.5 Å². The standard InChI is InChI=1S/C23H25N5O4/c1-14(2)27-19-7-5-4-6-17(19)25-20(27)13-24-21(29)12-18-22(30)28(23(31)26-18)15-8-10-16(32-3)11-9-15/h4-11,14,18H,12-13H2,1-3H3,(H,24,29)(H,26,31). The molecule has 0 bridgehead atoms. The van der Waals surface area contributed by atoms with Crippen LogP contribution in [-0.2, 0) is 16.1 Å². The quantitative estimate of drug-likeness (QED) is 0.555. The molecule has 2 aromatic carbocycles. The lowest BCUT2D eigenvalue weighted by molar-refractivity contribution is -0.125. The lowest BCUT2D eigenvalue weighted by Crippen LogP contribution is -2.36. The van der Waals surface area contributed by atoms with Gasteiger partial charge in [-0.3, -0.25) is 9.59 Å². The normalized spacial score (nSPS) is 16.0. The molecule has 1 fully saturated rings. The topological polar surface area (TPSA) is 106 Å². The molecule has 2 N–H and O–H groups in total. The summed E-state index contributed by atoms with van der Waals surface area (Å²) in [4.78, 5) is 43.3. The molecular weight excluding hydrogens is 410 g/mol. The van der Waals surface area contributed by atoms with Crippen molar-refractivity contribution in [2.24, 2.45) is 0 Å². The lowest BCUT2D eigenvalue weighted by atomic mass is 10.2. The van der Waals surface area contributed by atoms with E-state index < -0.39 is 18.0 Å². The number of benzene rings is 2. The van der Waals surface area contributed by atoms with Crippen molar-refractivity contribution in [1.29, 1.82) is 0 Å². The molecule has 1 aliphatic rings. The number of nitrogens with zero attached hydrogens (tertiary/aromatic N) is 3. The van der Waals surface area contributed by atoms with Gasteiger partial charge >= 0.3 is 6.03 Å². The van der Waals surface area contributed by atoms with Crippen LogP contribution in [0.2, 0.25) is 0 Å². The molecule has 1 unspecified atom stereocenters. The van der Waals surface area contributed by atoms with Crippen molar-refractivity contribution in [3.8, 4) is 5.75 Å². The molecule has 0 radical (unpaired) electrons. The first-order chi connectivity index (χ1) is 15.4. The average molecular weight is 435 g/mol. The first-order valence-corrected chi connectivity index (χ1v) is 10.4. The van der Waals surface area contributed by atoms with Crippen molar-refractivity contribution < 1.29 is 19.1 Å². The van der Waals surface area contributed by atoms with Crippen molar-refractivity contribution in [3.05, 3.63) is 54.4 Å². The summed E-state index contributed by atoms with van der Waals surface area (Å²) in [5.74, 6) is 0.535. The van der Waals surface area contributed by atoms with Crippen LogP contribution >= 0.6 is 0 Å². The maximum Gasteiger partial charge on any atom is 0.329 e. The predicted molar refractivity (Wildman–Crippen MR) is 119 cm³/mol. The van der Waals surface area contributed by atoms with Crippen LogP contribution in [-0.4, -0.2) is 40.5 Å². The molecule has 0 saturated carbocycles. The molecular formula is C23H25N5O4. The van der Waals surface area contributed by atoms with E-state index in [-0.39, 0.29) is 24.9 Å². The number of aromatic nitrogens is 2. The maximum absolute atomic E-state index is 12.8. The highest BCUT2D eigenvalue weighted by Gasteiger charge is 2.40. The van der Waals surface area contributed by atoms with E-state index >= 15 is 0 Å². The number of fused-ring (bicyclic) bond motifs is 1. The largest absolute Gasteiger partial charge is 0.497 e. The molecule has 4 amide bonds. The third-order valence-electron chi connectivity index (χ3n) is 5.37. The molecule has 1 atom stereocenters. The van der Waals surface area contributed by atoms with E-state index in [2.05, 4.69) is 34.0 Å². The molecule has 9 heteroatoms. The number of nitrogens with one attached hydrogen (secondary N) is 2. The number of hydrogen-bond donors (Lipinski definition) is 2. The fourth-order valence-corrected chi connectivity index (χ4v) is 3.88. The van der Waals surface area contributed by atoms with Crippen molar-refractivity contribution in [1.82, 2.24) is 20.2 Å². The summed E-state index contributed by atoms with van der Waals surface area (Å²) in [6.45, 7) is 4.34. The van der Waals surface area contributed by atoms with E-state index in [1.807, 2.05) is 24.3 Å². The average Bonchev–Trinajstić information content (AvgIpc) is 3.29. The fraction of sp³-hybridized carbons (Fsp3) is 0.304. The Morgan fingerprint density at radius 2 is 1.88 bits per heavy atom. The number of carbonyl (C=O) groups excluding carboxylic acids is 3. The minimum absolute atomic E-state index is 0.154. The number of methoxy groups -OCH3 is 1. The SMILES string of the molecule is COc1ccc(N2C(=O)NC(CC(=O)NCc3nc4ccccc4n3C(C)C)C2=O)cc1. The van der Waals surface area contributed by atoms with Crippen molar-refractivity contribution >= 4 is 34.6 Å². The van der Waals surface area contributed by atoms with Crippen LogP contribution in [0.3, 0.4) is 0 Å². The van der Waals surface area contributed by atoms with E-state index in [1.54, 1.807) is 24.3 Å². The van der Waals surface area contributed by atoms with Gasteiger partial charge in [0.15, 0.2) is 0 Å². The van der Waals surface area contributed by atoms with Crippen molar-refractivity contribution in [2.45, 2.75) is 38.9 Å². The highest BCUT2D eigenvalue weighted by molar-refractivity contribution is 6.22. The van der Waals surface area contributed by atoms with E-state index in [9.17, 15) is 14.4 Å². The Balaban J connectivity index is 1.41. The van der Waals surface area contributed by atoms with Crippen LogP contribution in [0.1, 0.15) is 32.1 Å². The third-order valence-corrected chi connectivity index (χ3v) is 5.37. The fourth-order valence-electron chi connectivity index (χ4n) is 3.88. The lowest BCUT2D eigenvalue weighted by Gasteiger charge is -2.14. The predicted octanol–water partition coefficient (Wildman–Crippen LogP) is 2.76. The van der Waals surface area contributed by atoms with Crippen LogP contribution < -0.4 is 20.3 Å². The molecule has 3 aromatic rings. The van der Waals surface area contributed by atoms with Crippen LogP contribution in [0.15, 0.2) is 48.5 Å². The van der Waals surface area contributed by atoms with Gasteiger partial charge in [0.05, 0.1) is 36.8 Å². The second-order valence-corrected chi connectivity index (χ2v) is 7.84. The highest BCUT2D eigenvalue weighted by atomic mass is 16.5. The molecule has 4 rings (SSSR count). The summed E-state index contributed by atoms with van der Waals surface area (Å²) in [6.07, 6.45) is -0.154. The van der Waals surface area contributed by atoms with Gasteiger partial charge in [0.25, 0.3) is 5.91 Å². The van der Waals surface area contributed by atoms with Crippen LogP contribution in [0.25, 0.3) is 11.0 Å².